The van der Waals surface area contributed by atoms with Gasteiger partial charge in [0.15, 0.2) is 5.78 Å². The smallest absolute Gasteiger partial charge is 0.335 e. The van der Waals surface area contributed by atoms with Gasteiger partial charge >= 0.3 is 5.97 Å². The number of benzene rings is 3. The molecule has 0 amide bonds. The molecule has 9 atom stereocenters. The molecule has 3 heterocycles. The lowest BCUT2D eigenvalue weighted by Crippen LogP contribution is -2.69. The fourth-order valence-corrected chi connectivity index (χ4v) is 11.3. The van der Waals surface area contributed by atoms with Gasteiger partial charge in [-0.2, -0.15) is 0 Å². The van der Waals surface area contributed by atoms with E-state index in [1.165, 1.54) is 22.9 Å². The summed E-state index contributed by atoms with van der Waals surface area (Å²) in [6.07, 6.45) is -1.02. The van der Waals surface area contributed by atoms with Gasteiger partial charge in [-0.15, -0.1) is 0 Å². The second-order valence-corrected chi connectivity index (χ2v) is 17.4. The molecule has 3 aliphatic heterocycles. The molecule has 0 radical (unpaired) electrons. The van der Waals surface area contributed by atoms with E-state index in [0.29, 0.717) is 53.9 Å². The van der Waals surface area contributed by atoms with Gasteiger partial charge in [0, 0.05) is 18.8 Å². The summed E-state index contributed by atoms with van der Waals surface area (Å²) in [7, 11) is 3.21. The number of Topliss-reactive ketones (excluding diaryl/α,β-unsaturated/α-hetero) is 1. The third-order valence-corrected chi connectivity index (χ3v) is 14.0. The van der Waals surface area contributed by atoms with Crippen molar-refractivity contribution in [3.05, 3.63) is 70.8 Å². The van der Waals surface area contributed by atoms with Crippen LogP contribution in [-0.4, -0.2) is 99.0 Å². The van der Waals surface area contributed by atoms with Gasteiger partial charge in [-0.25, -0.2) is 4.79 Å². The Balaban J connectivity index is 1.18. The minimum absolute atomic E-state index is 0.0623. The molecular formula is C40H48O11S2. The number of carboxylic acids is 1. The fraction of sp³-hybridized carbons (Fsp3) is 0.550. The number of aliphatic hydroxyl groups is 3. The molecule has 11 nitrogen and oxygen atoms in total. The van der Waals surface area contributed by atoms with Crippen LogP contribution in [0.3, 0.4) is 0 Å². The highest BCUT2D eigenvalue weighted by Gasteiger charge is 2.58. The number of rotatable bonds is 8. The van der Waals surface area contributed by atoms with Gasteiger partial charge in [0.1, 0.15) is 41.4 Å². The second-order valence-electron chi connectivity index (χ2n) is 14.9. The standard InChI is InChI=1S/C40H48O11S2/c1-22-14-26-15-27(38(46)47)16-30(34(26)35(43)32(22)29(42)11-10-23-6-3-2-4-7-23)50-39-36(44)37(45)40(31(17-41)51-39)13-12-24-8-5-9-25-18-48-19-28(33(24)25)20-52-53-21-49-40/h2-4,6-7,14-16,24-25,28,31,33,36-37,39,41,43-45H,5,8-13,17-21H2,1H3,(H,46,47)/t24-,25-,28+,31+,33+,36+,37+,39+,40+/m0/s1. The Morgan fingerprint density at radius 3 is 2.55 bits per heavy atom. The molecule has 7 rings (SSSR count). The highest BCUT2D eigenvalue weighted by molar-refractivity contribution is 8.76. The highest BCUT2D eigenvalue weighted by atomic mass is 33.1. The van der Waals surface area contributed by atoms with Crippen molar-refractivity contribution in [1.82, 2.24) is 0 Å². The van der Waals surface area contributed by atoms with E-state index in [2.05, 4.69) is 0 Å². The summed E-state index contributed by atoms with van der Waals surface area (Å²) in [5.41, 5.74) is -0.104. The van der Waals surface area contributed by atoms with Gasteiger partial charge < -0.3 is 44.5 Å². The molecule has 3 saturated heterocycles. The molecular weight excluding hydrogens is 721 g/mol. The highest BCUT2D eigenvalue weighted by Crippen LogP contribution is 2.50. The molecule has 0 bridgehead atoms. The van der Waals surface area contributed by atoms with E-state index in [9.17, 15) is 35.1 Å². The summed E-state index contributed by atoms with van der Waals surface area (Å²) in [6.45, 7) is 2.62. The maximum absolute atomic E-state index is 13.5. The van der Waals surface area contributed by atoms with Crippen molar-refractivity contribution in [3.8, 4) is 11.5 Å². The summed E-state index contributed by atoms with van der Waals surface area (Å²) in [6, 6.07) is 13.7. The summed E-state index contributed by atoms with van der Waals surface area (Å²) in [4.78, 5) is 25.8. The topological polar surface area (TPSA) is 172 Å². The van der Waals surface area contributed by atoms with Crippen molar-refractivity contribution in [3.63, 3.8) is 0 Å². The minimum atomic E-state index is -1.68. The third-order valence-electron chi connectivity index (χ3n) is 11.8. The number of aliphatic hydroxyl groups excluding tert-OH is 3. The molecule has 3 aromatic rings. The number of carbonyl (C=O) groups is 2. The molecule has 3 aromatic carbocycles. The van der Waals surface area contributed by atoms with E-state index < -0.39 is 42.8 Å². The molecule has 4 aliphatic rings. The molecule has 1 aliphatic carbocycles. The molecule has 1 saturated carbocycles. The number of aromatic hydroxyl groups is 1. The molecule has 53 heavy (non-hydrogen) atoms. The van der Waals surface area contributed by atoms with Crippen LogP contribution in [0, 0.1) is 30.6 Å². The number of aromatic carboxylic acids is 1. The number of aryl methyl sites for hydroxylation is 2. The average molecular weight is 769 g/mol. The SMILES string of the molecule is Cc1cc2cc(C(=O)O)cc(O[C@@H]3O[C@H](CO)[C@]4(CC[C@@H]5CCC[C@H]6COC[C@H](CSSCO4)[C@H]56)[C@H](O)[C@H]3O)c2c(O)c1C(=O)CCc1ccccc1. The van der Waals surface area contributed by atoms with Crippen LogP contribution in [0.25, 0.3) is 10.8 Å². The Bertz CT molecular complexity index is 1780. The van der Waals surface area contributed by atoms with Crippen molar-refractivity contribution < 1.29 is 54.1 Å². The Morgan fingerprint density at radius 2 is 1.77 bits per heavy atom. The summed E-state index contributed by atoms with van der Waals surface area (Å²) < 4.78 is 24.9. The molecule has 1 spiro atoms. The zero-order valence-corrected chi connectivity index (χ0v) is 31.4. The third kappa shape index (κ3) is 7.69. The van der Waals surface area contributed by atoms with Crippen molar-refractivity contribution >= 4 is 44.1 Å². The number of ketones is 1. The van der Waals surface area contributed by atoms with Crippen LogP contribution in [-0.2, 0) is 20.6 Å². The van der Waals surface area contributed by atoms with Gasteiger partial charge in [-0.1, -0.05) is 70.8 Å². The van der Waals surface area contributed by atoms with Gasteiger partial charge in [0.05, 0.1) is 29.7 Å². The molecule has 0 aromatic heterocycles. The summed E-state index contributed by atoms with van der Waals surface area (Å²) in [5.74, 6) is 0.763. The van der Waals surface area contributed by atoms with Gasteiger partial charge in [0.25, 0.3) is 0 Å². The van der Waals surface area contributed by atoms with E-state index in [-0.39, 0.29) is 46.2 Å². The average Bonchev–Trinajstić information content (AvgIpc) is 3.19. The predicted molar refractivity (Wildman–Crippen MR) is 201 cm³/mol. The number of ether oxygens (including phenoxy) is 4. The van der Waals surface area contributed by atoms with E-state index in [1.807, 2.05) is 30.3 Å². The number of hydrogen-bond donors (Lipinski definition) is 5. The Kier molecular flexibility index (Phi) is 11.9. The molecule has 5 N–H and O–H groups in total. The molecule has 286 valence electrons. The first-order valence-electron chi connectivity index (χ1n) is 18.5. The molecule has 4 fully saturated rings. The van der Waals surface area contributed by atoms with E-state index in [1.54, 1.807) is 23.8 Å². The van der Waals surface area contributed by atoms with Crippen LogP contribution in [0.1, 0.15) is 70.4 Å². The summed E-state index contributed by atoms with van der Waals surface area (Å²) >= 11 is 0. The first-order chi connectivity index (χ1) is 25.6. The van der Waals surface area contributed by atoms with Crippen LogP contribution in [0.5, 0.6) is 11.5 Å². The van der Waals surface area contributed by atoms with Crippen LogP contribution in [0.15, 0.2) is 48.5 Å². The van der Waals surface area contributed by atoms with Crippen LogP contribution < -0.4 is 4.74 Å². The second kappa shape index (κ2) is 16.5. The number of fused-ring (bicyclic) bond motifs is 1. The maximum Gasteiger partial charge on any atom is 0.335 e. The summed E-state index contributed by atoms with van der Waals surface area (Å²) in [5, 5.41) is 56.4. The lowest BCUT2D eigenvalue weighted by Gasteiger charge is -2.51. The van der Waals surface area contributed by atoms with Crippen LogP contribution >= 0.6 is 21.6 Å². The zero-order chi connectivity index (χ0) is 37.3. The number of carbonyl (C=O) groups excluding carboxylic acids is 1. The van der Waals surface area contributed by atoms with Crippen molar-refractivity contribution in [1.29, 1.82) is 0 Å². The quantitative estimate of drug-likeness (QED) is 0.139. The minimum Gasteiger partial charge on any atom is -0.506 e. The Morgan fingerprint density at radius 1 is 1.00 bits per heavy atom. The van der Waals surface area contributed by atoms with Gasteiger partial charge in [0.2, 0.25) is 6.29 Å². The van der Waals surface area contributed by atoms with E-state index in [4.69, 9.17) is 18.9 Å². The van der Waals surface area contributed by atoms with E-state index >= 15 is 0 Å². The number of carboxylic acid groups (broad SMARTS) is 1. The molecule has 0 unspecified atom stereocenters. The lowest BCUT2D eigenvalue weighted by atomic mass is 9.63. The first kappa shape index (κ1) is 38.4. The van der Waals surface area contributed by atoms with E-state index in [0.717, 1.165) is 43.8 Å². The van der Waals surface area contributed by atoms with Crippen LogP contribution in [0.2, 0.25) is 0 Å². The zero-order valence-electron chi connectivity index (χ0n) is 29.7. The Hall–Kier alpha value is -2.88. The lowest BCUT2D eigenvalue weighted by molar-refractivity contribution is -0.322. The number of hydrogen-bond acceptors (Lipinski definition) is 12. The van der Waals surface area contributed by atoms with Gasteiger partial charge in [-0.05, 0) is 84.9 Å². The molecule has 13 heteroatoms. The Labute approximate surface area is 316 Å². The predicted octanol–water partition coefficient (Wildman–Crippen LogP) is 5.75. The van der Waals surface area contributed by atoms with Crippen molar-refractivity contribution in [2.24, 2.45) is 23.7 Å². The van der Waals surface area contributed by atoms with Crippen molar-refractivity contribution in [2.45, 2.75) is 82.1 Å². The largest absolute Gasteiger partial charge is 0.506 e. The van der Waals surface area contributed by atoms with Crippen LogP contribution in [0.4, 0.5) is 0 Å². The first-order valence-corrected chi connectivity index (χ1v) is 21.0. The maximum atomic E-state index is 13.5. The fourth-order valence-electron chi connectivity index (χ4n) is 9.25. The number of phenolic OH excluding ortho intramolecular Hbond substituents is 1. The normalized spacial score (nSPS) is 32.1. The van der Waals surface area contributed by atoms with Crippen molar-refractivity contribution in [2.75, 3.05) is 31.5 Å². The number of phenols is 1. The van der Waals surface area contributed by atoms with Gasteiger partial charge in [-0.3, -0.25) is 4.79 Å². The monoisotopic (exact) mass is 768 g/mol.